The molecule has 1 aromatic rings. The summed E-state index contributed by atoms with van der Waals surface area (Å²) in [7, 11) is 0. The van der Waals surface area contributed by atoms with Gasteiger partial charge in [-0.05, 0) is 25.2 Å². The zero-order chi connectivity index (χ0) is 11.9. The van der Waals surface area contributed by atoms with Crippen molar-refractivity contribution >= 4 is 11.6 Å². The summed E-state index contributed by atoms with van der Waals surface area (Å²) in [5, 5.41) is 0.144. The first-order valence-corrected chi connectivity index (χ1v) is 5.80. The maximum Gasteiger partial charge on any atom is 0.329 e. The van der Waals surface area contributed by atoms with Crippen molar-refractivity contribution in [1.82, 2.24) is 9.55 Å². The minimum Gasteiger partial charge on any atom is -0.297 e. The number of H-pyrrole nitrogens is 1. The van der Waals surface area contributed by atoms with E-state index >= 15 is 0 Å². The van der Waals surface area contributed by atoms with E-state index < -0.39 is 5.69 Å². The summed E-state index contributed by atoms with van der Waals surface area (Å²) in [4.78, 5) is 26.0. The van der Waals surface area contributed by atoms with Crippen molar-refractivity contribution in [2.75, 3.05) is 0 Å². The number of aromatic amines is 1. The summed E-state index contributed by atoms with van der Waals surface area (Å²) in [5.74, 6) is 0. The third-order valence-corrected chi connectivity index (χ3v) is 3.84. The normalized spacial score (nSPS) is 18.2. The van der Waals surface area contributed by atoms with Crippen LogP contribution in [-0.2, 0) is 6.54 Å². The van der Waals surface area contributed by atoms with Gasteiger partial charge in [0.2, 0.25) is 0 Å². The second-order valence-electron chi connectivity index (χ2n) is 4.92. The van der Waals surface area contributed by atoms with Crippen molar-refractivity contribution in [3.05, 3.63) is 31.6 Å². The summed E-state index contributed by atoms with van der Waals surface area (Å²) >= 11 is 5.74. The second-order valence-corrected chi connectivity index (χ2v) is 5.30. The molecule has 1 aliphatic rings. The average Bonchev–Trinajstić information content (AvgIpc) is 2.19. The standard InChI is InChI=1S/C11H15ClN2O2/c1-7-8(12)13-10(16)14(9(7)15)6-11(2)4-3-5-11/h3-6H2,1-2H3,(H,13,16). The molecule has 0 spiro atoms. The molecule has 0 amide bonds. The van der Waals surface area contributed by atoms with Crippen LogP contribution in [0.5, 0.6) is 0 Å². The predicted octanol–water partition coefficient (Wildman–Crippen LogP) is 1.69. The van der Waals surface area contributed by atoms with E-state index in [4.69, 9.17) is 11.6 Å². The quantitative estimate of drug-likeness (QED) is 0.803. The minimum atomic E-state index is -0.409. The van der Waals surface area contributed by atoms with Gasteiger partial charge in [0.25, 0.3) is 5.56 Å². The van der Waals surface area contributed by atoms with E-state index in [2.05, 4.69) is 11.9 Å². The molecule has 0 aliphatic heterocycles. The SMILES string of the molecule is Cc1c(Cl)[nH]c(=O)n(CC2(C)CCC2)c1=O. The van der Waals surface area contributed by atoms with Crippen molar-refractivity contribution in [1.29, 1.82) is 0 Å². The first kappa shape index (κ1) is 11.5. The molecule has 88 valence electrons. The highest BCUT2D eigenvalue weighted by Crippen LogP contribution is 2.41. The third-order valence-electron chi connectivity index (χ3n) is 3.46. The molecule has 1 fully saturated rings. The number of aromatic nitrogens is 2. The Morgan fingerprint density at radius 2 is 2.06 bits per heavy atom. The van der Waals surface area contributed by atoms with Gasteiger partial charge in [0.15, 0.2) is 0 Å². The first-order valence-electron chi connectivity index (χ1n) is 5.42. The Balaban J connectivity index is 2.45. The number of nitrogens with one attached hydrogen (secondary N) is 1. The minimum absolute atomic E-state index is 0.0943. The van der Waals surface area contributed by atoms with Gasteiger partial charge in [-0.2, -0.15) is 0 Å². The van der Waals surface area contributed by atoms with E-state index in [0.29, 0.717) is 12.1 Å². The Labute approximate surface area is 98.3 Å². The van der Waals surface area contributed by atoms with Crippen LogP contribution in [0.4, 0.5) is 0 Å². The Bertz CT molecular complexity index is 526. The van der Waals surface area contributed by atoms with Gasteiger partial charge in [0, 0.05) is 12.1 Å². The van der Waals surface area contributed by atoms with Crippen LogP contribution in [0.15, 0.2) is 9.59 Å². The van der Waals surface area contributed by atoms with Crippen LogP contribution in [0.1, 0.15) is 31.7 Å². The van der Waals surface area contributed by atoms with E-state index in [0.717, 1.165) is 12.8 Å². The number of halogens is 1. The molecule has 1 heterocycles. The summed E-state index contributed by atoms with van der Waals surface area (Å²) in [6, 6.07) is 0. The molecule has 2 rings (SSSR count). The van der Waals surface area contributed by atoms with Crippen LogP contribution in [0.2, 0.25) is 5.15 Å². The van der Waals surface area contributed by atoms with Crippen molar-refractivity contribution < 1.29 is 0 Å². The maximum atomic E-state index is 11.9. The lowest BCUT2D eigenvalue weighted by atomic mass is 9.70. The summed E-state index contributed by atoms with van der Waals surface area (Å²) in [6.45, 7) is 4.21. The summed E-state index contributed by atoms with van der Waals surface area (Å²) < 4.78 is 1.26. The van der Waals surface area contributed by atoms with Gasteiger partial charge in [-0.3, -0.25) is 14.3 Å². The highest BCUT2D eigenvalue weighted by molar-refractivity contribution is 6.30. The smallest absolute Gasteiger partial charge is 0.297 e. The van der Waals surface area contributed by atoms with Crippen LogP contribution in [0.25, 0.3) is 0 Å². The van der Waals surface area contributed by atoms with Crippen LogP contribution in [0, 0.1) is 12.3 Å². The second kappa shape index (κ2) is 3.77. The van der Waals surface area contributed by atoms with Gasteiger partial charge < -0.3 is 0 Å². The van der Waals surface area contributed by atoms with Crippen LogP contribution < -0.4 is 11.2 Å². The fourth-order valence-electron chi connectivity index (χ4n) is 2.11. The lowest BCUT2D eigenvalue weighted by molar-refractivity contribution is 0.128. The van der Waals surface area contributed by atoms with Gasteiger partial charge in [-0.1, -0.05) is 24.9 Å². The summed E-state index contributed by atoms with van der Waals surface area (Å²) in [6.07, 6.45) is 3.32. The van der Waals surface area contributed by atoms with Crippen LogP contribution >= 0.6 is 11.6 Å². The van der Waals surface area contributed by atoms with Crippen LogP contribution in [0.3, 0.4) is 0 Å². The number of rotatable bonds is 2. The van der Waals surface area contributed by atoms with E-state index in [9.17, 15) is 9.59 Å². The number of nitrogens with zero attached hydrogens (tertiary/aromatic N) is 1. The molecular weight excluding hydrogens is 228 g/mol. The van der Waals surface area contributed by atoms with E-state index in [1.165, 1.54) is 11.0 Å². The highest BCUT2D eigenvalue weighted by Gasteiger charge is 2.33. The maximum absolute atomic E-state index is 11.9. The lowest BCUT2D eigenvalue weighted by Gasteiger charge is -2.38. The molecule has 0 atom stereocenters. The molecule has 0 radical (unpaired) electrons. The molecule has 0 bridgehead atoms. The fraction of sp³-hybridized carbons (Fsp3) is 0.636. The lowest BCUT2D eigenvalue weighted by Crippen LogP contribution is -2.43. The molecule has 1 aromatic heterocycles. The molecule has 1 aliphatic carbocycles. The van der Waals surface area contributed by atoms with Crippen LogP contribution in [-0.4, -0.2) is 9.55 Å². The van der Waals surface area contributed by atoms with Gasteiger partial charge in [0.1, 0.15) is 5.15 Å². The number of hydrogen-bond acceptors (Lipinski definition) is 2. The van der Waals surface area contributed by atoms with Crippen molar-refractivity contribution in [3.63, 3.8) is 0 Å². The first-order chi connectivity index (χ1) is 7.43. The van der Waals surface area contributed by atoms with Crippen molar-refractivity contribution in [3.8, 4) is 0 Å². The van der Waals surface area contributed by atoms with Gasteiger partial charge >= 0.3 is 5.69 Å². The van der Waals surface area contributed by atoms with Crippen molar-refractivity contribution in [2.45, 2.75) is 39.7 Å². The Kier molecular flexibility index (Phi) is 2.70. The monoisotopic (exact) mass is 242 g/mol. The zero-order valence-electron chi connectivity index (χ0n) is 9.47. The Morgan fingerprint density at radius 1 is 1.44 bits per heavy atom. The molecule has 1 N–H and O–H groups in total. The topological polar surface area (TPSA) is 54.9 Å². The van der Waals surface area contributed by atoms with Gasteiger partial charge in [0.05, 0.1) is 0 Å². The fourth-order valence-corrected chi connectivity index (χ4v) is 2.27. The van der Waals surface area contributed by atoms with Crippen molar-refractivity contribution in [2.24, 2.45) is 5.41 Å². The number of hydrogen-bond donors (Lipinski definition) is 1. The Hall–Kier alpha value is -1.03. The molecule has 0 unspecified atom stereocenters. The molecular formula is C11H15ClN2O2. The molecule has 0 saturated heterocycles. The average molecular weight is 243 g/mol. The highest BCUT2D eigenvalue weighted by atomic mass is 35.5. The van der Waals surface area contributed by atoms with Gasteiger partial charge in [-0.15, -0.1) is 0 Å². The largest absolute Gasteiger partial charge is 0.329 e. The summed E-state index contributed by atoms with van der Waals surface area (Å²) in [5.41, 5.74) is -0.184. The van der Waals surface area contributed by atoms with E-state index in [1.54, 1.807) is 6.92 Å². The molecule has 0 aromatic carbocycles. The Morgan fingerprint density at radius 3 is 2.56 bits per heavy atom. The zero-order valence-corrected chi connectivity index (χ0v) is 10.2. The van der Waals surface area contributed by atoms with Gasteiger partial charge in [-0.25, -0.2) is 4.79 Å². The molecule has 4 nitrogen and oxygen atoms in total. The molecule has 16 heavy (non-hydrogen) atoms. The van der Waals surface area contributed by atoms with E-state index in [-0.39, 0.29) is 16.1 Å². The predicted molar refractivity (Wildman–Crippen MR) is 63.0 cm³/mol. The van der Waals surface area contributed by atoms with E-state index in [1.807, 2.05) is 0 Å². The molecule has 1 saturated carbocycles. The third kappa shape index (κ3) is 1.82. The molecule has 5 heteroatoms.